The van der Waals surface area contributed by atoms with Crippen molar-refractivity contribution >= 4 is 0 Å². The van der Waals surface area contributed by atoms with Gasteiger partial charge in [0.05, 0.1) is 0 Å². The largest absolute Gasteiger partial charge is 0.327 e. The number of nitrogens with two attached hydrogens (primary N) is 1. The lowest BCUT2D eigenvalue weighted by Gasteiger charge is -2.27. The number of hydrogen-bond donors (Lipinski definition) is 1. The van der Waals surface area contributed by atoms with Crippen molar-refractivity contribution in [3.8, 4) is 0 Å². The van der Waals surface area contributed by atoms with Gasteiger partial charge in [0.25, 0.3) is 0 Å². The number of nitrogens with zero attached hydrogens (tertiary/aromatic N) is 1. The van der Waals surface area contributed by atoms with Gasteiger partial charge in [-0.15, -0.1) is 0 Å². The molecule has 2 heteroatoms. The molecule has 2 unspecified atom stereocenters. The second-order valence-electron chi connectivity index (χ2n) is 4.32. The highest BCUT2D eigenvalue weighted by Gasteiger charge is 2.12. The molecule has 0 aliphatic carbocycles. The molecule has 2 nitrogen and oxygen atoms in total. The Labute approximate surface area is 93.1 Å². The predicted octanol–water partition coefficient (Wildman–Crippen LogP) is 1.90. The van der Waals surface area contributed by atoms with Crippen LogP contribution in [-0.4, -0.2) is 30.6 Å². The molecule has 0 saturated carbocycles. The van der Waals surface area contributed by atoms with Crippen molar-refractivity contribution in [1.29, 1.82) is 0 Å². The van der Waals surface area contributed by atoms with E-state index in [1.165, 1.54) is 5.56 Å². The summed E-state index contributed by atoms with van der Waals surface area (Å²) in [5.41, 5.74) is 7.25. The molecule has 0 aromatic heterocycles. The molecule has 0 aliphatic rings. The molecule has 0 bridgehead atoms. The van der Waals surface area contributed by atoms with Crippen LogP contribution in [0.4, 0.5) is 0 Å². The van der Waals surface area contributed by atoms with Crippen LogP contribution in [0, 0.1) is 0 Å². The molecule has 0 aliphatic heterocycles. The van der Waals surface area contributed by atoms with Crippen LogP contribution in [0.5, 0.6) is 0 Å². The summed E-state index contributed by atoms with van der Waals surface area (Å²) in [5.74, 6) is 0. The van der Waals surface area contributed by atoms with Crippen molar-refractivity contribution in [2.45, 2.75) is 32.4 Å². The lowest BCUT2D eigenvalue weighted by Crippen LogP contribution is -2.42. The van der Waals surface area contributed by atoms with Crippen molar-refractivity contribution < 1.29 is 0 Å². The topological polar surface area (TPSA) is 29.3 Å². The average Bonchev–Trinajstić information content (AvgIpc) is 2.26. The minimum Gasteiger partial charge on any atom is -0.327 e. The van der Waals surface area contributed by atoms with Gasteiger partial charge in [-0.3, -0.25) is 0 Å². The van der Waals surface area contributed by atoms with E-state index in [0.29, 0.717) is 6.04 Å². The third kappa shape index (κ3) is 4.02. The van der Waals surface area contributed by atoms with Gasteiger partial charge in [-0.05, 0) is 32.9 Å². The zero-order valence-corrected chi connectivity index (χ0v) is 9.98. The van der Waals surface area contributed by atoms with Crippen LogP contribution in [0.3, 0.4) is 0 Å². The highest BCUT2D eigenvalue weighted by atomic mass is 15.1. The van der Waals surface area contributed by atoms with E-state index in [0.717, 1.165) is 13.0 Å². The Bertz CT molecular complexity index is 269. The van der Waals surface area contributed by atoms with Crippen LogP contribution in [-0.2, 0) is 6.42 Å². The molecule has 0 fully saturated rings. The lowest BCUT2D eigenvalue weighted by atomic mass is 10.1. The van der Waals surface area contributed by atoms with Gasteiger partial charge in [-0.2, -0.15) is 0 Å². The molecule has 0 amide bonds. The first-order chi connectivity index (χ1) is 7.11. The van der Waals surface area contributed by atoms with E-state index in [2.05, 4.69) is 56.1 Å². The Kier molecular flexibility index (Phi) is 4.79. The SMILES string of the molecule is CC(N)C(C)N(C)CCc1ccccc1. The summed E-state index contributed by atoms with van der Waals surface area (Å²) in [7, 11) is 2.14. The third-order valence-electron chi connectivity index (χ3n) is 3.05. The Hall–Kier alpha value is -0.860. The summed E-state index contributed by atoms with van der Waals surface area (Å²) < 4.78 is 0. The van der Waals surface area contributed by atoms with Gasteiger partial charge in [-0.1, -0.05) is 30.3 Å². The van der Waals surface area contributed by atoms with E-state index in [9.17, 15) is 0 Å². The molecule has 15 heavy (non-hydrogen) atoms. The summed E-state index contributed by atoms with van der Waals surface area (Å²) in [5, 5.41) is 0. The molecule has 0 saturated heterocycles. The van der Waals surface area contributed by atoms with E-state index >= 15 is 0 Å². The summed E-state index contributed by atoms with van der Waals surface area (Å²) >= 11 is 0. The molecule has 1 aromatic carbocycles. The van der Waals surface area contributed by atoms with Crippen molar-refractivity contribution in [1.82, 2.24) is 4.90 Å². The fourth-order valence-corrected chi connectivity index (χ4v) is 1.56. The number of benzene rings is 1. The van der Waals surface area contributed by atoms with Gasteiger partial charge in [0.15, 0.2) is 0 Å². The quantitative estimate of drug-likeness (QED) is 0.797. The molecule has 2 N–H and O–H groups in total. The van der Waals surface area contributed by atoms with Gasteiger partial charge in [0.2, 0.25) is 0 Å². The Morgan fingerprint density at radius 2 is 1.80 bits per heavy atom. The first kappa shape index (κ1) is 12.2. The molecule has 1 rings (SSSR count). The standard InChI is InChI=1S/C13H22N2/c1-11(14)12(2)15(3)10-9-13-7-5-4-6-8-13/h4-8,11-12H,9-10,14H2,1-3H3. The maximum atomic E-state index is 5.86. The van der Waals surface area contributed by atoms with Crippen LogP contribution >= 0.6 is 0 Å². The Morgan fingerprint density at radius 1 is 1.20 bits per heavy atom. The van der Waals surface area contributed by atoms with Crippen LogP contribution in [0.15, 0.2) is 30.3 Å². The molecule has 1 aromatic rings. The zero-order chi connectivity index (χ0) is 11.3. The molecule has 84 valence electrons. The summed E-state index contributed by atoms with van der Waals surface area (Å²) in [4.78, 5) is 2.32. The van der Waals surface area contributed by atoms with Gasteiger partial charge in [0, 0.05) is 18.6 Å². The molecule has 0 radical (unpaired) electrons. The van der Waals surface area contributed by atoms with Gasteiger partial charge in [0.1, 0.15) is 0 Å². The lowest BCUT2D eigenvalue weighted by molar-refractivity contribution is 0.235. The van der Waals surface area contributed by atoms with E-state index in [1.54, 1.807) is 0 Å². The molecule has 0 heterocycles. The Balaban J connectivity index is 2.37. The van der Waals surface area contributed by atoms with Crippen LogP contribution < -0.4 is 5.73 Å². The second-order valence-corrected chi connectivity index (χ2v) is 4.32. The minimum absolute atomic E-state index is 0.228. The van der Waals surface area contributed by atoms with E-state index in [1.807, 2.05) is 0 Å². The molecular formula is C13H22N2. The van der Waals surface area contributed by atoms with Gasteiger partial charge in [-0.25, -0.2) is 0 Å². The first-order valence-corrected chi connectivity index (χ1v) is 5.61. The highest BCUT2D eigenvalue weighted by molar-refractivity contribution is 5.14. The average molecular weight is 206 g/mol. The first-order valence-electron chi connectivity index (χ1n) is 5.61. The molecule has 0 spiro atoms. The predicted molar refractivity (Wildman–Crippen MR) is 65.9 cm³/mol. The summed E-state index contributed by atoms with van der Waals surface area (Å²) in [6, 6.07) is 11.2. The maximum absolute atomic E-state index is 5.86. The zero-order valence-electron chi connectivity index (χ0n) is 9.98. The number of rotatable bonds is 5. The second kappa shape index (κ2) is 5.89. The monoisotopic (exact) mass is 206 g/mol. The molecule has 2 atom stereocenters. The van der Waals surface area contributed by atoms with Crippen LogP contribution in [0.1, 0.15) is 19.4 Å². The van der Waals surface area contributed by atoms with E-state index in [-0.39, 0.29) is 6.04 Å². The van der Waals surface area contributed by atoms with Crippen molar-refractivity contribution in [3.05, 3.63) is 35.9 Å². The van der Waals surface area contributed by atoms with Crippen LogP contribution in [0.2, 0.25) is 0 Å². The normalized spacial score (nSPS) is 15.3. The fourth-order valence-electron chi connectivity index (χ4n) is 1.56. The smallest absolute Gasteiger partial charge is 0.0213 e. The van der Waals surface area contributed by atoms with Gasteiger partial charge >= 0.3 is 0 Å². The minimum atomic E-state index is 0.228. The van der Waals surface area contributed by atoms with E-state index < -0.39 is 0 Å². The van der Waals surface area contributed by atoms with Crippen LogP contribution in [0.25, 0.3) is 0 Å². The fraction of sp³-hybridized carbons (Fsp3) is 0.538. The van der Waals surface area contributed by atoms with E-state index in [4.69, 9.17) is 5.73 Å². The number of hydrogen-bond acceptors (Lipinski definition) is 2. The third-order valence-corrected chi connectivity index (χ3v) is 3.05. The van der Waals surface area contributed by atoms with Gasteiger partial charge < -0.3 is 10.6 Å². The summed E-state index contributed by atoms with van der Waals surface area (Å²) in [6.07, 6.45) is 1.09. The molecular weight excluding hydrogens is 184 g/mol. The van der Waals surface area contributed by atoms with Crippen molar-refractivity contribution in [3.63, 3.8) is 0 Å². The summed E-state index contributed by atoms with van der Waals surface area (Å²) in [6.45, 7) is 5.30. The van der Waals surface area contributed by atoms with Crippen molar-refractivity contribution in [2.24, 2.45) is 5.73 Å². The van der Waals surface area contributed by atoms with Crippen molar-refractivity contribution in [2.75, 3.05) is 13.6 Å². The highest BCUT2D eigenvalue weighted by Crippen LogP contribution is 2.04. The number of likely N-dealkylation sites (N-methyl/N-ethyl adjacent to an activating group) is 1. The Morgan fingerprint density at radius 3 is 2.33 bits per heavy atom. The maximum Gasteiger partial charge on any atom is 0.0213 e.